The summed E-state index contributed by atoms with van der Waals surface area (Å²) in [5, 5.41) is 9.13. The van der Waals surface area contributed by atoms with Gasteiger partial charge in [0.15, 0.2) is 0 Å². The van der Waals surface area contributed by atoms with Gasteiger partial charge in [-0.15, -0.1) is 0 Å². The molecule has 1 heterocycles. The predicted molar refractivity (Wildman–Crippen MR) is 111 cm³/mol. The van der Waals surface area contributed by atoms with Crippen LogP contribution in [0.1, 0.15) is 60.9 Å². The van der Waals surface area contributed by atoms with E-state index in [9.17, 15) is 23.1 Å². The summed E-state index contributed by atoms with van der Waals surface area (Å²) >= 11 is 5.83. The summed E-state index contributed by atoms with van der Waals surface area (Å²) < 4.78 is 40.4. The second kappa shape index (κ2) is 8.98. The van der Waals surface area contributed by atoms with Gasteiger partial charge < -0.3 is 5.11 Å². The van der Waals surface area contributed by atoms with Gasteiger partial charge >= 0.3 is 12.1 Å². The first-order valence-corrected chi connectivity index (χ1v) is 10.4. The highest BCUT2D eigenvalue weighted by Crippen LogP contribution is 2.39. The van der Waals surface area contributed by atoms with Crippen LogP contribution < -0.4 is 0 Å². The number of likely N-dealkylation sites (tertiary alicyclic amines) is 1. The van der Waals surface area contributed by atoms with Crippen molar-refractivity contribution in [1.29, 1.82) is 0 Å². The number of piperidine rings is 1. The predicted octanol–water partition coefficient (Wildman–Crippen LogP) is 6.37. The van der Waals surface area contributed by atoms with Crippen LogP contribution in [-0.4, -0.2) is 29.1 Å². The van der Waals surface area contributed by atoms with Gasteiger partial charge in [-0.3, -0.25) is 9.69 Å². The Hall–Kier alpha value is -2.05. The molecule has 1 aliphatic rings. The normalized spacial score (nSPS) is 19.1. The van der Waals surface area contributed by atoms with Crippen molar-refractivity contribution in [2.45, 2.75) is 44.8 Å². The highest BCUT2D eigenvalue weighted by Gasteiger charge is 2.36. The number of carboxylic acids is 1. The maximum atomic E-state index is 13.5. The Bertz CT molecular complexity index is 896. The molecule has 162 valence electrons. The minimum absolute atomic E-state index is 0.288. The van der Waals surface area contributed by atoms with Crippen molar-refractivity contribution in [2.24, 2.45) is 5.92 Å². The Morgan fingerprint density at radius 1 is 1.10 bits per heavy atom. The number of hydrogen-bond donors (Lipinski definition) is 1. The first-order chi connectivity index (χ1) is 14.1. The van der Waals surface area contributed by atoms with Gasteiger partial charge in [-0.05, 0) is 54.1 Å². The zero-order valence-electron chi connectivity index (χ0n) is 16.9. The molecule has 0 spiro atoms. The molecule has 1 fully saturated rings. The molecule has 0 radical (unpaired) electrons. The summed E-state index contributed by atoms with van der Waals surface area (Å²) in [6.07, 6.45) is -3.32. The van der Waals surface area contributed by atoms with Crippen LogP contribution in [0.15, 0.2) is 42.5 Å². The minimum Gasteiger partial charge on any atom is -0.481 e. The average molecular weight is 440 g/mol. The third kappa shape index (κ3) is 4.98. The summed E-state index contributed by atoms with van der Waals surface area (Å²) in [6.45, 7) is 5.05. The standard InChI is InChI=1S/C23H25ClF3NO2/c1-14(2)15-5-7-16(8-6-15)21(28-11-3-4-18(13-28)22(29)30)17-9-10-20(24)19(12-17)23(25,26)27/h5-10,12,14,18,21H,3-4,11,13H2,1-2H3,(H,29,30). The Morgan fingerprint density at radius 2 is 1.70 bits per heavy atom. The Labute approximate surface area is 179 Å². The highest BCUT2D eigenvalue weighted by molar-refractivity contribution is 6.31. The smallest absolute Gasteiger partial charge is 0.417 e. The van der Waals surface area contributed by atoms with Crippen molar-refractivity contribution >= 4 is 17.6 Å². The van der Waals surface area contributed by atoms with E-state index in [1.54, 1.807) is 6.07 Å². The van der Waals surface area contributed by atoms with Gasteiger partial charge in [-0.1, -0.05) is 55.8 Å². The van der Waals surface area contributed by atoms with Crippen molar-refractivity contribution < 1.29 is 23.1 Å². The molecule has 0 bridgehead atoms. The maximum absolute atomic E-state index is 13.5. The van der Waals surface area contributed by atoms with Gasteiger partial charge in [-0.2, -0.15) is 13.2 Å². The molecule has 0 saturated carbocycles. The molecule has 2 atom stereocenters. The van der Waals surface area contributed by atoms with Crippen LogP contribution >= 0.6 is 11.6 Å². The summed E-state index contributed by atoms with van der Waals surface area (Å²) in [5.41, 5.74) is 1.54. The molecule has 7 heteroatoms. The van der Waals surface area contributed by atoms with E-state index < -0.39 is 29.7 Å². The minimum atomic E-state index is -4.56. The summed E-state index contributed by atoms with van der Waals surface area (Å²) in [5.74, 6) is -1.08. The van der Waals surface area contributed by atoms with E-state index in [4.69, 9.17) is 11.6 Å². The van der Waals surface area contributed by atoms with Crippen LogP contribution in [0.4, 0.5) is 13.2 Å². The van der Waals surface area contributed by atoms with Gasteiger partial charge in [0.25, 0.3) is 0 Å². The number of carbonyl (C=O) groups is 1. The third-order valence-corrected chi connectivity index (χ3v) is 6.03. The number of carboxylic acid groups (broad SMARTS) is 1. The van der Waals surface area contributed by atoms with Gasteiger partial charge in [0, 0.05) is 6.54 Å². The molecule has 0 aromatic heterocycles. The lowest BCUT2D eigenvalue weighted by atomic mass is 9.89. The molecule has 2 unspecified atom stereocenters. The van der Waals surface area contributed by atoms with E-state index in [2.05, 4.69) is 13.8 Å². The molecule has 3 rings (SSSR count). The number of aliphatic carboxylic acids is 1. The van der Waals surface area contributed by atoms with E-state index in [-0.39, 0.29) is 11.6 Å². The fourth-order valence-corrected chi connectivity index (χ4v) is 4.27. The maximum Gasteiger partial charge on any atom is 0.417 e. The average Bonchev–Trinajstić information content (AvgIpc) is 2.69. The number of hydrogen-bond acceptors (Lipinski definition) is 2. The number of halogens is 4. The lowest BCUT2D eigenvalue weighted by Gasteiger charge is -2.38. The third-order valence-electron chi connectivity index (χ3n) is 5.70. The Balaban J connectivity index is 2.07. The number of nitrogens with zero attached hydrogens (tertiary/aromatic N) is 1. The summed E-state index contributed by atoms with van der Waals surface area (Å²) in [7, 11) is 0. The molecule has 1 aliphatic heterocycles. The molecule has 3 nitrogen and oxygen atoms in total. The van der Waals surface area contributed by atoms with Gasteiger partial charge in [-0.25, -0.2) is 0 Å². The topological polar surface area (TPSA) is 40.5 Å². The van der Waals surface area contributed by atoms with Crippen LogP contribution in [0, 0.1) is 5.92 Å². The van der Waals surface area contributed by atoms with Crippen molar-refractivity contribution in [3.8, 4) is 0 Å². The number of alkyl halides is 3. The largest absolute Gasteiger partial charge is 0.481 e. The van der Waals surface area contributed by atoms with Crippen molar-refractivity contribution in [3.05, 3.63) is 69.7 Å². The van der Waals surface area contributed by atoms with Crippen molar-refractivity contribution in [3.63, 3.8) is 0 Å². The molecule has 30 heavy (non-hydrogen) atoms. The van der Waals surface area contributed by atoms with Gasteiger partial charge in [0.1, 0.15) is 0 Å². The van der Waals surface area contributed by atoms with E-state index >= 15 is 0 Å². The lowest BCUT2D eigenvalue weighted by molar-refractivity contribution is -0.143. The highest BCUT2D eigenvalue weighted by atomic mass is 35.5. The van der Waals surface area contributed by atoms with Crippen LogP contribution in [0.3, 0.4) is 0 Å². The van der Waals surface area contributed by atoms with E-state index in [0.29, 0.717) is 30.9 Å². The lowest BCUT2D eigenvalue weighted by Crippen LogP contribution is -2.41. The summed E-state index contributed by atoms with van der Waals surface area (Å²) in [4.78, 5) is 13.5. The molecular formula is C23H25ClF3NO2. The monoisotopic (exact) mass is 439 g/mol. The Kier molecular flexibility index (Phi) is 6.78. The summed E-state index contributed by atoms with van der Waals surface area (Å²) in [6, 6.07) is 11.3. The fourth-order valence-electron chi connectivity index (χ4n) is 4.05. The molecule has 0 aliphatic carbocycles. The molecule has 1 saturated heterocycles. The molecule has 0 amide bonds. The molecule has 2 aromatic rings. The van der Waals surface area contributed by atoms with Crippen LogP contribution in [0.25, 0.3) is 0 Å². The van der Waals surface area contributed by atoms with Gasteiger partial charge in [0.2, 0.25) is 0 Å². The van der Waals surface area contributed by atoms with Crippen LogP contribution in [0.2, 0.25) is 5.02 Å². The van der Waals surface area contributed by atoms with E-state index in [1.165, 1.54) is 6.07 Å². The molecule has 2 aromatic carbocycles. The zero-order valence-corrected chi connectivity index (χ0v) is 17.7. The quantitative estimate of drug-likeness (QED) is 0.588. The van der Waals surface area contributed by atoms with Crippen LogP contribution in [0.5, 0.6) is 0 Å². The Morgan fingerprint density at radius 3 is 2.27 bits per heavy atom. The fraction of sp³-hybridized carbons (Fsp3) is 0.435. The molecular weight excluding hydrogens is 415 g/mol. The number of rotatable bonds is 5. The van der Waals surface area contributed by atoms with Crippen LogP contribution in [-0.2, 0) is 11.0 Å². The second-order valence-electron chi connectivity index (χ2n) is 8.13. The van der Waals surface area contributed by atoms with E-state index in [0.717, 1.165) is 17.2 Å². The molecule has 1 N–H and O–H groups in total. The van der Waals surface area contributed by atoms with Crippen molar-refractivity contribution in [2.75, 3.05) is 13.1 Å². The number of benzene rings is 2. The zero-order chi connectivity index (χ0) is 22.1. The van der Waals surface area contributed by atoms with Crippen molar-refractivity contribution in [1.82, 2.24) is 4.90 Å². The van der Waals surface area contributed by atoms with Gasteiger partial charge in [0.05, 0.1) is 22.5 Å². The SMILES string of the molecule is CC(C)c1ccc(C(c2ccc(Cl)c(C(F)(F)F)c2)N2CCCC(C(=O)O)C2)cc1. The first-order valence-electron chi connectivity index (χ1n) is 10.0. The first kappa shape index (κ1) is 22.6. The second-order valence-corrected chi connectivity index (χ2v) is 8.54. The van der Waals surface area contributed by atoms with E-state index in [1.807, 2.05) is 29.2 Å².